The van der Waals surface area contributed by atoms with E-state index in [1.54, 1.807) is 0 Å². The van der Waals surface area contributed by atoms with Crippen LogP contribution < -0.4 is 4.52 Å². The highest BCUT2D eigenvalue weighted by Crippen LogP contribution is 2.47. The molecule has 0 unspecified atom stereocenters. The second-order valence-corrected chi connectivity index (χ2v) is 12.0. The van der Waals surface area contributed by atoms with Gasteiger partial charge in [-0.15, -0.1) is 0 Å². The smallest absolute Gasteiger partial charge is 0.248 e. The number of benzene rings is 1. The third kappa shape index (κ3) is 14.6. The van der Waals surface area contributed by atoms with E-state index in [2.05, 4.69) is 68.2 Å². The van der Waals surface area contributed by atoms with Crippen LogP contribution in [0.5, 0.6) is 5.75 Å². The summed E-state index contributed by atoms with van der Waals surface area (Å²) in [5.41, 5.74) is 1.41. The first kappa shape index (κ1) is 32.4. The molecule has 0 aliphatic carbocycles. The standard InChI is InChI=1S/C31H59N2OP/c1-6-11-16-17-18-19-20-23-30-24-21-22-25-31(30)34-35(32(26-12-7-2)27-13-8-3)33(28-14-9-4)29-15-10-5/h21-22,24-25H,6-20,23,26-29H2,1-5H3. The predicted molar refractivity (Wildman–Crippen MR) is 158 cm³/mol. The van der Waals surface area contributed by atoms with Crippen molar-refractivity contribution >= 4 is 8.45 Å². The molecule has 0 saturated heterocycles. The fourth-order valence-electron chi connectivity index (χ4n) is 4.38. The van der Waals surface area contributed by atoms with Gasteiger partial charge in [0.2, 0.25) is 8.45 Å². The number of rotatable bonds is 24. The molecule has 0 fully saturated rings. The Hall–Kier alpha value is -0.630. The van der Waals surface area contributed by atoms with Gasteiger partial charge in [0.1, 0.15) is 5.75 Å². The molecule has 204 valence electrons. The Bertz CT molecular complexity index is 561. The zero-order chi connectivity index (χ0) is 25.6. The SMILES string of the molecule is CCCCCCCCCc1ccccc1OP(N(CCCC)CCCC)N(CCCC)CCCC. The zero-order valence-electron chi connectivity index (χ0n) is 24.2. The van der Waals surface area contributed by atoms with Gasteiger partial charge in [0.05, 0.1) is 0 Å². The first-order chi connectivity index (χ1) is 17.2. The first-order valence-corrected chi connectivity index (χ1v) is 16.4. The van der Waals surface area contributed by atoms with Crippen LogP contribution in [0.15, 0.2) is 24.3 Å². The average molecular weight is 507 g/mol. The molecule has 0 spiro atoms. The van der Waals surface area contributed by atoms with E-state index < -0.39 is 8.45 Å². The highest BCUT2D eigenvalue weighted by atomic mass is 31.2. The minimum Gasteiger partial charge on any atom is -0.444 e. The summed E-state index contributed by atoms with van der Waals surface area (Å²) < 4.78 is 12.5. The fraction of sp³-hybridized carbons (Fsp3) is 0.806. The summed E-state index contributed by atoms with van der Waals surface area (Å²) in [4.78, 5) is 0. The highest BCUT2D eigenvalue weighted by Gasteiger charge is 2.28. The lowest BCUT2D eigenvalue weighted by molar-refractivity contribution is 0.316. The zero-order valence-corrected chi connectivity index (χ0v) is 25.1. The van der Waals surface area contributed by atoms with E-state index in [1.165, 1.54) is 102 Å². The van der Waals surface area contributed by atoms with E-state index in [-0.39, 0.29) is 0 Å². The van der Waals surface area contributed by atoms with Gasteiger partial charge in [-0.3, -0.25) is 0 Å². The molecule has 0 aliphatic heterocycles. The lowest BCUT2D eigenvalue weighted by Crippen LogP contribution is -2.34. The Kier molecular flexibility index (Phi) is 20.9. The normalized spacial score (nSPS) is 11.8. The van der Waals surface area contributed by atoms with Crippen molar-refractivity contribution in [2.75, 3.05) is 26.2 Å². The largest absolute Gasteiger partial charge is 0.444 e. The van der Waals surface area contributed by atoms with Crippen molar-refractivity contribution in [1.82, 2.24) is 9.34 Å². The third-order valence-electron chi connectivity index (χ3n) is 6.77. The van der Waals surface area contributed by atoms with Crippen molar-refractivity contribution in [3.05, 3.63) is 29.8 Å². The minimum atomic E-state index is -0.788. The van der Waals surface area contributed by atoms with E-state index in [1.807, 2.05) is 0 Å². The number of nitrogens with zero attached hydrogens (tertiary/aromatic N) is 2. The van der Waals surface area contributed by atoms with Gasteiger partial charge in [0.25, 0.3) is 0 Å². The number of aryl methyl sites for hydroxylation is 1. The summed E-state index contributed by atoms with van der Waals surface area (Å²) >= 11 is 0. The topological polar surface area (TPSA) is 15.7 Å². The Morgan fingerprint density at radius 1 is 0.543 bits per heavy atom. The molecule has 0 aliphatic rings. The summed E-state index contributed by atoms with van der Waals surface area (Å²) in [6, 6.07) is 8.91. The Morgan fingerprint density at radius 3 is 1.46 bits per heavy atom. The van der Waals surface area contributed by atoms with Crippen molar-refractivity contribution in [3.63, 3.8) is 0 Å². The predicted octanol–water partition coefficient (Wildman–Crippen LogP) is 10.4. The number of para-hydroxylation sites is 1. The second-order valence-electron chi connectivity index (χ2n) is 10.1. The summed E-state index contributed by atoms with van der Waals surface area (Å²) in [5.74, 6) is 1.14. The van der Waals surface area contributed by atoms with Gasteiger partial charge in [0.15, 0.2) is 0 Å². The van der Waals surface area contributed by atoms with E-state index in [4.69, 9.17) is 4.52 Å². The van der Waals surface area contributed by atoms with Crippen LogP contribution in [0, 0.1) is 0 Å². The van der Waals surface area contributed by atoms with E-state index >= 15 is 0 Å². The molecule has 1 rings (SSSR count). The molecule has 0 aromatic heterocycles. The average Bonchev–Trinajstić information content (AvgIpc) is 2.88. The van der Waals surface area contributed by atoms with Crippen molar-refractivity contribution in [1.29, 1.82) is 0 Å². The maximum absolute atomic E-state index is 7.08. The number of hydrogen-bond donors (Lipinski definition) is 0. The van der Waals surface area contributed by atoms with Gasteiger partial charge in [0, 0.05) is 26.2 Å². The molecule has 1 aromatic carbocycles. The molecule has 3 nitrogen and oxygen atoms in total. The lowest BCUT2D eigenvalue weighted by Gasteiger charge is -2.38. The monoisotopic (exact) mass is 506 g/mol. The van der Waals surface area contributed by atoms with Crippen LogP contribution in [0.25, 0.3) is 0 Å². The summed E-state index contributed by atoms with van der Waals surface area (Å²) in [5, 5.41) is 0. The molecular weight excluding hydrogens is 447 g/mol. The first-order valence-electron chi connectivity index (χ1n) is 15.3. The van der Waals surface area contributed by atoms with Crippen LogP contribution in [-0.2, 0) is 6.42 Å². The molecule has 0 atom stereocenters. The Morgan fingerprint density at radius 2 is 0.971 bits per heavy atom. The van der Waals surface area contributed by atoms with Crippen LogP contribution in [0.3, 0.4) is 0 Å². The Labute approximate surface area is 221 Å². The van der Waals surface area contributed by atoms with E-state index in [0.29, 0.717) is 0 Å². The number of unbranched alkanes of at least 4 members (excludes halogenated alkanes) is 10. The quantitative estimate of drug-likeness (QED) is 0.102. The molecule has 0 radical (unpaired) electrons. The van der Waals surface area contributed by atoms with E-state index in [9.17, 15) is 0 Å². The van der Waals surface area contributed by atoms with Crippen LogP contribution in [0.1, 0.15) is 136 Å². The fourth-order valence-corrected chi connectivity index (χ4v) is 6.58. The molecule has 4 heteroatoms. The number of hydrogen-bond acceptors (Lipinski definition) is 3. The van der Waals surface area contributed by atoms with Gasteiger partial charge >= 0.3 is 0 Å². The van der Waals surface area contributed by atoms with Crippen molar-refractivity contribution < 1.29 is 4.52 Å². The lowest BCUT2D eigenvalue weighted by atomic mass is 10.0. The molecular formula is C31H59N2OP. The summed E-state index contributed by atoms with van der Waals surface area (Å²) in [6.07, 6.45) is 20.6. The van der Waals surface area contributed by atoms with Gasteiger partial charge < -0.3 is 4.52 Å². The molecule has 0 heterocycles. The molecule has 0 bridgehead atoms. The Balaban J connectivity index is 3.01. The van der Waals surface area contributed by atoms with Crippen molar-refractivity contribution in [2.45, 2.75) is 137 Å². The van der Waals surface area contributed by atoms with Crippen molar-refractivity contribution in [2.24, 2.45) is 0 Å². The van der Waals surface area contributed by atoms with Gasteiger partial charge in [-0.25, -0.2) is 9.34 Å². The highest BCUT2D eigenvalue weighted by molar-refractivity contribution is 7.47. The summed E-state index contributed by atoms with van der Waals surface area (Å²) in [6.45, 7) is 16.1. The van der Waals surface area contributed by atoms with Gasteiger partial charge in [-0.1, -0.05) is 117 Å². The minimum absolute atomic E-state index is 0.788. The van der Waals surface area contributed by atoms with Crippen LogP contribution in [0.2, 0.25) is 0 Å². The maximum atomic E-state index is 7.08. The molecule has 0 saturated carbocycles. The molecule has 35 heavy (non-hydrogen) atoms. The third-order valence-corrected chi connectivity index (χ3v) is 8.89. The second kappa shape index (κ2) is 22.6. The van der Waals surface area contributed by atoms with Crippen molar-refractivity contribution in [3.8, 4) is 5.75 Å². The van der Waals surface area contributed by atoms with Gasteiger partial charge in [-0.05, 0) is 50.2 Å². The van der Waals surface area contributed by atoms with Gasteiger partial charge in [-0.2, -0.15) is 0 Å². The van der Waals surface area contributed by atoms with Crippen LogP contribution in [0.4, 0.5) is 0 Å². The van der Waals surface area contributed by atoms with E-state index in [0.717, 1.165) is 38.3 Å². The summed E-state index contributed by atoms with van der Waals surface area (Å²) in [7, 11) is -0.788. The maximum Gasteiger partial charge on any atom is 0.248 e. The molecule has 0 amide bonds. The molecule has 1 aromatic rings. The molecule has 0 N–H and O–H groups in total. The van der Waals surface area contributed by atoms with Crippen LogP contribution in [-0.4, -0.2) is 35.5 Å². The van der Waals surface area contributed by atoms with Crippen LogP contribution >= 0.6 is 8.45 Å².